The smallest absolute Gasteiger partial charge is 0.324 e. The van der Waals surface area contributed by atoms with Crippen LogP contribution in [0.5, 0.6) is 5.75 Å². The van der Waals surface area contributed by atoms with Gasteiger partial charge in [-0.25, -0.2) is 4.79 Å². The van der Waals surface area contributed by atoms with Crippen molar-refractivity contribution in [3.63, 3.8) is 0 Å². The van der Waals surface area contributed by atoms with Crippen molar-refractivity contribution in [2.75, 3.05) is 13.7 Å². The van der Waals surface area contributed by atoms with E-state index in [-0.39, 0.29) is 11.9 Å². The van der Waals surface area contributed by atoms with Crippen LogP contribution in [-0.2, 0) is 13.1 Å². The Labute approximate surface area is 170 Å². The highest BCUT2D eigenvalue weighted by Crippen LogP contribution is 2.34. The number of allylic oxidation sites excluding steroid dienone is 2. The number of fused-ring (bicyclic) bond motifs is 1. The SMILES string of the molecule is COc1ccc(CN2CC3C=C(Cl)CC=C3N(Cc3ccccc3)C2=O)cc1. The molecule has 4 rings (SSSR count). The molecule has 0 aromatic heterocycles. The fourth-order valence-corrected chi connectivity index (χ4v) is 4.02. The van der Waals surface area contributed by atoms with Gasteiger partial charge in [0.15, 0.2) is 0 Å². The Bertz CT molecular complexity index is 906. The van der Waals surface area contributed by atoms with Gasteiger partial charge in [-0.1, -0.05) is 66.2 Å². The molecule has 144 valence electrons. The molecule has 2 aromatic rings. The van der Waals surface area contributed by atoms with Crippen LogP contribution < -0.4 is 4.74 Å². The molecule has 0 N–H and O–H groups in total. The van der Waals surface area contributed by atoms with Crippen LogP contribution in [0, 0.1) is 5.92 Å². The van der Waals surface area contributed by atoms with Gasteiger partial charge in [-0.15, -0.1) is 0 Å². The lowest BCUT2D eigenvalue weighted by atomic mass is 9.94. The summed E-state index contributed by atoms with van der Waals surface area (Å²) in [5.41, 5.74) is 3.25. The van der Waals surface area contributed by atoms with E-state index in [1.165, 1.54) is 0 Å². The molecule has 5 heteroatoms. The molecule has 0 radical (unpaired) electrons. The summed E-state index contributed by atoms with van der Waals surface area (Å²) in [6.07, 6.45) is 4.87. The molecular formula is C23H23ClN2O2. The van der Waals surface area contributed by atoms with Crippen molar-refractivity contribution in [2.45, 2.75) is 19.5 Å². The highest BCUT2D eigenvalue weighted by Gasteiger charge is 2.36. The Balaban J connectivity index is 1.59. The lowest BCUT2D eigenvalue weighted by Crippen LogP contribution is -2.51. The number of amides is 2. The van der Waals surface area contributed by atoms with E-state index in [2.05, 4.69) is 24.3 Å². The van der Waals surface area contributed by atoms with Crippen LogP contribution in [0.15, 0.2) is 77.5 Å². The number of ether oxygens (including phenoxy) is 1. The predicted octanol–water partition coefficient (Wildman–Crippen LogP) is 5.16. The molecule has 0 saturated carbocycles. The third-order valence-electron chi connectivity index (χ3n) is 5.21. The molecule has 2 aromatic carbocycles. The summed E-state index contributed by atoms with van der Waals surface area (Å²) in [5, 5.41) is 0.840. The summed E-state index contributed by atoms with van der Waals surface area (Å²) in [6.45, 7) is 1.76. The second kappa shape index (κ2) is 8.11. The van der Waals surface area contributed by atoms with Gasteiger partial charge < -0.3 is 9.64 Å². The van der Waals surface area contributed by atoms with Crippen LogP contribution in [0.1, 0.15) is 17.5 Å². The number of halogens is 1. The molecule has 1 heterocycles. The van der Waals surface area contributed by atoms with E-state index in [1.54, 1.807) is 7.11 Å². The third kappa shape index (κ3) is 3.92. The van der Waals surface area contributed by atoms with Crippen LogP contribution in [0.4, 0.5) is 4.79 Å². The number of benzene rings is 2. The van der Waals surface area contributed by atoms with Crippen molar-refractivity contribution in [1.29, 1.82) is 0 Å². The summed E-state index contributed by atoms with van der Waals surface area (Å²) >= 11 is 6.30. The first-order valence-corrected chi connectivity index (χ1v) is 9.81. The van der Waals surface area contributed by atoms with Gasteiger partial charge in [0.1, 0.15) is 5.75 Å². The summed E-state index contributed by atoms with van der Waals surface area (Å²) < 4.78 is 5.23. The van der Waals surface area contributed by atoms with Gasteiger partial charge in [-0.2, -0.15) is 0 Å². The quantitative estimate of drug-likeness (QED) is 0.701. The Morgan fingerprint density at radius 2 is 1.75 bits per heavy atom. The summed E-state index contributed by atoms with van der Waals surface area (Å²) in [4.78, 5) is 17.1. The number of carbonyl (C=O) groups excluding carboxylic acids is 1. The summed E-state index contributed by atoms with van der Waals surface area (Å²) in [5.74, 6) is 0.938. The summed E-state index contributed by atoms with van der Waals surface area (Å²) in [6, 6.07) is 18.0. The second-order valence-corrected chi connectivity index (χ2v) is 7.62. The minimum absolute atomic E-state index is 0.0357. The molecule has 1 saturated heterocycles. The number of rotatable bonds is 5. The molecule has 0 bridgehead atoms. The molecule has 28 heavy (non-hydrogen) atoms. The lowest BCUT2D eigenvalue weighted by molar-refractivity contribution is 0.130. The first kappa shape index (κ1) is 18.6. The first-order valence-electron chi connectivity index (χ1n) is 9.43. The predicted molar refractivity (Wildman–Crippen MR) is 111 cm³/mol. The van der Waals surface area contributed by atoms with E-state index in [0.717, 1.165) is 27.6 Å². The number of hydrogen-bond donors (Lipinski definition) is 0. The zero-order valence-electron chi connectivity index (χ0n) is 15.8. The molecule has 4 nitrogen and oxygen atoms in total. The molecule has 2 amide bonds. The van der Waals surface area contributed by atoms with E-state index < -0.39 is 0 Å². The van der Waals surface area contributed by atoms with Crippen LogP contribution in [-0.4, -0.2) is 29.5 Å². The number of nitrogens with zero attached hydrogens (tertiary/aromatic N) is 2. The number of urea groups is 1. The average molecular weight is 395 g/mol. The van der Waals surface area contributed by atoms with Crippen molar-refractivity contribution in [1.82, 2.24) is 9.80 Å². The zero-order valence-corrected chi connectivity index (χ0v) is 16.6. The molecule has 1 fully saturated rings. The fraction of sp³-hybridized carbons (Fsp3) is 0.261. The van der Waals surface area contributed by atoms with Crippen molar-refractivity contribution in [2.24, 2.45) is 5.92 Å². The fourth-order valence-electron chi connectivity index (χ4n) is 3.79. The molecule has 1 aliphatic carbocycles. The Morgan fingerprint density at radius 3 is 2.46 bits per heavy atom. The van der Waals surface area contributed by atoms with E-state index >= 15 is 0 Å². The maximum Gasteiger partial charge on any atom is 0.324 e. The monoisotopic (exact) mass is 394 g/mol. The maximum absolute atomic E-state index is 13.3. The highest BCUT2D eigenvalue weighted by atomic mass is 35.5. The minimum Gasteiger partial charge on any atom is -0.497 e. The van der Waals surface area contributed by atoms with Gasteiger partial charge >= 0.3 is 6.03 Å². The minimum atomic E-state index is 0.0357. The van der Waals surface area contributed by atoms with Crippen LogP contribution in [0.3, 0.4) is 0 Å². The van der Waals surface area contributed by atoms with Crippen molar-refractivity contribution in [3.8, 4) is 5.75 Å². The van der Waals surface area contributed by atoms with Gasteiger partial charge in [0.05, 0.1) is 13.7 Å². The Morgan fingerprint density at radius 1 is 1.04 bits per heavy atom. The maximum atomic E-state index is 13.3. The molecular weight excluding hydrogens is 372 g/mol. The van der Waals surface area contributed by atoms with Gasteiger partial charge in [0, 0.05) is 36.2 Å². The second-order valence-electron chi connectivity index (χ2n) is 7.14. The van der Waals surface area contributed by atoms with Gasteiger partial charge in [0.2, 0.25) is 0 Å². The standard InChI is InChI=1S/C23H23ClN2O2/c1-28-21-10-7-18(8-11-21)14-25-16-19-13-20(24)9-12-22(19)26(23(25)27)15-17-5-3-2-4-6-17/h2-8,10-13,19H,9,14-16H2,1H3. The molecule has 0 spiro atoms. The number of hydrogen-bond acceptors (Lipinski definition) is 2. The van der Waals surface area contributed by atoms with Crippen molar-refractivity contribution >= 4 is 17.6 Å². The topological polar surface area (TPSA) is 32.8 Å². The number of methoxy groups -OCH3 is 1. The van der Waals surface area contributed by atoms with E-state index in [0.29, 0.717) is 26.1 Å². The van der Waals surface area contributed by atoms with E-state index in [1.807, 2.05) is 52.3 Å². The van der Waals surface area contributed by atoms with E-state index in [4.69, 9.17) is 16.3 Å². The lowest BCUT2D eigenvalue weighted by Gasteiger charge is -2.42. The van der Waals surface area contributed by atoms with Gasteiger partial charge in [-0.3, -0.25) is 4.90 Å². The molecule has 1 aliphatic heterocycles. The van der Waals surface area contributed by atoms with Crippen LogP contribution >= 0.6 is 11.6 Å². The van der Waals surface area contributed by atoms with Crippen LogP contribution in [0.25, 0.3) is 0 Å². The number of carbonyl (C=O) groups is 1. The largest absolute Gasteiger partial charge is 0.497 e. The Hall–Kier alpha value is -2.72. The average Bonchev–Trinajstić information content (AvgIpc) is 2.72. The highest BCUT2D eigenvalue weighted by molar-refractivity contribution is 6.29. The normalized spacial score (nSPS) is 19.1. The molecule has 1 unspecified atom stereocenters. The van der Waals surface area contributed by atoms with Crippen LogP contribution in [0.2, 0.25) is 0 Å². The first-order chi connectivity index (χ1) is 13.6. The van der Waals surface area contributed by atoms with E-state index in [9.17, 15) is 4.79 Å². The molecule has 2 aliphatic rings. The zero-order chi connectivity index (χ0) is 19.5. The molecule has 1 atom stereocenters. The van der Waals surface area contributed by atoms with Gasteiger partial charge in [-0.05, 0) is 23.3 Å². The van der Waals surface area contributed by atoms with Crippen molar-refractivity contribution < 1.29 is 9.53 Å². The summed E-state index contributed by atoms with van der Waals surface area (Å²) in [7, 11) is 1.65. The third-order valence-corrected chi connectivity index (χ3v) is 5.49. The van der Waals surface area contributed by atoms with Crippen molar-refractivity contribution in [3.05, 3.63) is 88.6 Å². The van der Waals surface area contributed by atoms with Gasteiger partial charge in [0.25, 0.3) is 0 Å². The Kier molecular flexibility index (Phi) is 5.40.